The van der Waals surface area contributed by atoms with Crippen LogP contribution in [0.5, 0.6) is 5.75 Å². The fraction of sp³-hybridized carbons (Fsp3) is 0.500. The normalized spacial score (nSPS) is 24.8. The molecule has 1 nitrogen and oxygen atoms in total. The smallest absolute Gasteiger partial charge is 0.121 e. The highest BCUT2D eigenvalue weighted by Gasteiger charge is 2.37. The van der Waals surface area contributed by atoms with E-state index >= 15 is 0 Å². The number of rotatable bonds is 3. The largest absolute Gasteiger partial charge is 0.496 e. The minimum atomic E-state index is 0.692. The van der Waals surface area contributed by atoms with Gasteiger partial charge in [0.05, 0.1) is 7.11 Å². The van der Waals surface area contributed by atoms with Crippen molar-refractivity contribution < 1.29 is 4.74 Å². The Kier molecular flexibility index (Phi) is 2.69. The maximum Gasteiger partial charge on any atom is 0.121 e. The number of halogens is 1. The molecular weight excluding hydrogens is 196 g/mol. The second kappa shape index (κ2) is 3.82. The Balaban J connectivity index is 2.17. The van der Waals surface area contributed by atoms with Crippen LogP contribution in [-0.4, -0.2) is 13.0 Å². The Hall–Kier alpha value is -0.690. The van der Waals surface area contributed by atoms with Crippen LogP contribution in [0.25, 0.3) is 0 Å². The molecule has 1 fully saturated rings. The molecule has 2 rings (SSSR count). The summed E-state index contributed by atoms with van der Waals surface area (Å²) < 4.78 is 5.23. The average molecular weight is 211 g/mol. The van der Waals surface area contributed by atoms with E-state index in [4.69, 9.17) is 16.3 Å². The van der Waals surface area contributed by atoms with Crippen LogP contribution in [0.3, 0.4) is 0 Å². The molecule has 1 saturated carbocycles. The number of aryl methyl sites for hydroxylation is 1. The molecule has 0 amide bonds. The van der Waals surface area contributed by atoms with Gasteiger partial charge in [0.1, 0.15) is 5.75 Å². The summed E-state index contributed by atoms with van der Waals surface area (Å²) in [6.45, 7) is 2.08. The summed E-state index contributed by atoms with van der Waals surface area (Å²) in [5, 5.41) is 0. The van der Waals surface area contributed by atoms with Crippen molar-refractivity contribution in [2.24, 2.45) is 5.92 Å². The van der Waals surface area contributed by atoms with Gasteiger partial charge in [0, 0.05) is 5.88 Å². The van der Waals surface area contributed by atoms with Crippen molar-refractivity contribution in [3.05, 3.63) is 29.3 Å². The maximum atomic E-state index is 5.82. The maximum absolute atomic E-state index is 5.82. The summed E-state index contributed by atoms with van der Waals surface area (Å²) in [7, 11) is 1.71. The Morgan fingerprint density at radius 2 is 2.29 bits per heavy atom. The molecule has 2 heteroatoms. The predicted octanol–water partition coefficient (Wildman–Crippen LogP) is 3.35. The van der Waals surface area contributed by atoms with Crippen LogP contribution < -0.4 is 4.74 Å². The number of ether oxygens (including phenoxy) is 1. The molecule has 14 heavy (non-hydrogen) atoms. The first-order chi connectivity index (χ1) is 6.76. The number of hydrogen-bond donors (Lipinski definition) is 0. The molecule has 1 aromatic carbocycles. The third kappa shape index (κ3) is 1.74. The zero-order valence-electron chi connectivity index (χ0n) is 8.59. The van der Waals surface area contributed by atoms with Gasteiger partial charge >= 0.3 is 0 Å². The molecule has 0 N–H and O–H groups in total. The standard InChI is InChI=1S/C12H15ClO/c1-8-5-9(3-4-12(8)14-2)11-6-10(11)7-13/h3-5,10-11H,6-7H2,1-2H3. The van der Waals surface area contributed by atoms with Crippen molar-refractivity contribution in [1.82, 2.24) is 0 Å². The van der Waals surface area contributed by atoms with Gasteiger partial charge in [0.2, 0.25) is 0 Å². The first-order valence-electron chi connectivity index (χ1n) is 4.96. The molecule has 0 bridgehead atoms. The number of methoxy groups -OCH3 is 1. The van der Waals surface area contributed by atoms with E-state index in [0.29, 0.717) is 11.8 Å². The van der Waals surface area contributed by atoms with E-state index in [9.17, 15) is 0 Å². The molecule has 2 unspecified atom stereocenters. The third-order valence-electron chi connectivity index (χ3n) is 2.97. The minimum Gasteiger partial charge on any atom is -0.496 e. The highest BCUT2D eigenvalue weighted by atomic mass is 35.5. The Bertz CT molecular complexity index is 335. The summed E-state index contributed by atoms with van der Waals surface area (Å²) in [5.41, 5.74) is 2.62. The van der Waals surface area contributed by atoms with Crippen LogP contribution in [0.4, 0.5) is 0 Å². The molecule has 76 valence electrons. The monoisotopic (exact) mass is 210 g/mol. The van der Waals surface area contributed by atoms with Crippen LogP contribution in [0.1, 0.15) is 23.5 Å². The van der Waals surface area contributed by atoms with Crippen molar-refractivity contribution >= 4 is 11.6 Å². The molecule has 1 aromatic rings. The van der Waals surface area contributed by atoms with Gasteiger partial charge in [0.25, 0.3) is 0 Å². The molecule has 0 saturated heterocycles. The lowest BCUT2D eigenvalue weighted by atomic mass is 10.1. The molecule has 1 aliphatic rings. The third-order valence-corrected chi connectivity index (χ3v) is 3.36. The van der Waals surface area contributed by atoms with E-state index in [1.165, 1.54) is 17.5 Å². The average Bonchev–Trinajstić information content (AvgIpc) is 2.96. The summed E-state index contributed by atoms with van der Waals surface area (Å²) in [5.74, 6) is 3.15. The SMILES string of the molecule is COc1ccc(C2CC2CCl)cc1C. The van der Waals surface area contributed by atoms with Gasteiger partial charge in [-0.1, -0.05) is 12.1 Å². The van der Waals surface area contributed by atoms with E-state index in [1.807, 2.05) is 6.07 Å². The number of benzene rings is 1. The summed E-state index contributed by atoms with van der Waals surface area (Å²) in [6.07, 6.45) is 1.25. The van der Waals surface area contributed by atoms with Gasteiger partial charge in [0.15, 0.2) is 0 Å². The van der Waals surface area contributed by atoms with E-state index in [1.54, 1.807) is 7.11 Å². The molecular formula is C12H15ClO. The Morgan fingerprint density at radius 1 is 1.50 bits per heavy atom. The van der Waals surface area contributed by atoms with Crippen molar-refractivity contribution in [3.8, 4) is 5.75 Å². The lowest BCUT2D eigenvalue weighted by Gasteiger charge is -2.06. The van der Waals surface area contributed by atoms with Crippen LogP contribution in [0.2, 0.25) is 0 Å². The zero-order chi connectivity index (χ0) is 10.1. The quantitative estimate of drug-likeness (QED) is 0.696. The van der Waals surface area contributed by atoms with E-state index in [2.05, 4.69) is 19.1 Å². The zero-order valence-corrected chi connectivity index (χ0v) is 9.34. The summed E-state index contributed by atoms with van der Waals surface area (Å²) in [6, 6.07) is 6.42. The van der Waals surface area contributed by atoms with Crippen molar-refractivity contribution in [1.29, 1.82) is 0 Å². The summed E-state index contributed by atoms with van der Waals surface area (Å²) in [4.78, 5) is 0. The van der Waals surface area contributed by atoms with Crippen LogP contribution in [-0.2, 0) is 0 Å². The van der Waals surface area contributed by atoms with Gasteiger partial charge in [-0.15, -0.1) is 11.6 Å². The molecule has 0 spiro atoms. The van der Waals surface area contributed by atoms with Crippen molar-refractivity contribution in [3.63, 3.8) is 0 Å². The fourth-order valence-electron chi connectivity index (χ4n) is 1.96. The van der Waals surface area contributed by atoms with E-state index < -0.39 is 0 Å². The van der Waals surface area contributed by atoms with Gasteiger partial charge in [-0.2, -0.15) is 0 Å². The van der Waals surface area contributed by atoms with Crippen molar-refractivity contribution in [2.45, 2.75) is 19.3 Å². The molecule has 1 aliphatic carbocycles. The molecule has 2 atom stereocenters. The fourth-order valence-corrected chi connectivity index (χ4v) is 2.30. The van der Waals surface area contributed by atoms with Crippen LogP contribution >= 0.6 is 11.6 Å². The molecule has 0 aromatic heterocycles. The first-order valence-corrected chi connectivity index (χ1v) is 5.50. The molecule has 0 radical (unpaired) electrons. The minimum absolute atomic E-state index is 0.692. The Labute approximate surface area is 90.0 Å². The van der Waals surface area contributed by atoms with Crippen LogP contribution in [0, 0.1) is 12.8 Å². The van der Waals surface area contributed by atoms with Gasteiger partial charge < -0.3 is 4.74 Å². The number of alkyl halides is 1. The van der Waals surface area contributed by atoms with Gasteiger partial charge in [-0.3, -0.25) is 0 Å². The second-order valence-electron chi connectivity index (χ2n) is 3.99. The molecule has 0 heterocycles. The second-order valence-corrected chi connectivity index (χ2v) is 4.29. The topological polar surface area (TPSA) is 9.23 Å². The van der Waals surface area contributed by atoms with Gasteiger partial charge in [-0.25, -0.2) is 0 Å². The highest BCUT2D eigenvalue weighted by Crippen LogP contribution is 2.48. The first kappa shape index (κ1) is 9.85. The predicted molar refractivity (Wildman–Crippen MR) is 59.3 cm³/mol. The lowest BCUT2D eigenvalue weighted by Crippen LogP contribution is -1.90. The van der Waals surface area contributed by atoms with Gasteiger partial charge in [-0.05, 0) is 42.4 Å². The lowest BCUT2D eigenvalue weighted by molar-refractivity contribution is 0.411. The van der Waals surface area contributed by atoms with E-state index in [0.717, 1.165) is 11.6 Å². The molecule has 0 aliphatic heterocycles. The number of hydrogen-bond acceptors (Lipinski definition) is 1. The van der Waals surface area contributed by atoms with Crippen molar-refractivity contribution in [2.75, 3.05) is 13.0 Å². The Morgan fingerprint density at radius 3 is 2.79 bits per heavy atom. The summed E-state index contributed by atoms with van der Waals surface area (Å²) >= 11 is 5.82. The van der Waals surface area contributed by atoms with E-state index in [-0.39, 0.29) is 0 Å². The highest BCUT2D eigenvalue weighted by molar-refractivity contribution is 6.18. The van der Waals surface area contributed by atoms with Crippen LogP contribution in [0.15, 0.2) is 18.2 Å².